The van der Waals surface area contributed by atoms with E-state index in [1.54, 1.807) is 11.9 Å². The summed E-state index contributed by atoms with van der Waals surface area (Å²) in [6, 6.07) is -0.184. The predicted molar refractivity (Wildman–Crippen MR) is 68.9 cm³/mol. The van der Waals surface area contributed by atoms with Crippen molar-refractivity contribution in [3.05, 3.63) is 0 Å². The van der Waals surface area contributed by atoms with Crippen LogP contribution in [0.1, 0.15) is 34.1 Å². The zero-order valence-corrected chi connectivity index (χ0v) is 12.3. The summed E-state index contributed by atoms with van der Waals surface area (Å²) in [7, 11) is 1.69. The fourth-order valence-electron chi connectivity index (χ4n) is 2.82. The van der Waals surface area contributed by atoms with Crippen molar-refractivity contribution in [3.63, 3.8) is 0 Å². The number of nitrogens with two attached hydrogens (primary N) is 1. The molecule has 1 aliphatic rings. The summed E-state index contributed by atoms with van der Waals surface area (Å²) in [5.41, 5.74) is 5.32. The van der Waals surface area contributed by atoms with E-state index in [1.165, 1.54) is 0 Å². The Morgan fingerprint density at radius 3 is 2.05 bits per heavy atom. The van der Waals surface area contributed by atoms with Crippen LogP contribution in [0.15, 0.2) is 0 Å². The Labute approximate surface area is 113 Å². The lowest BCUT2D eigenvalue weighted by Gasteiger charge is -2.31. The van der Waals surface area contributed by atoms with Crippen molar-refractivity contribution in [2.24, 2.45) is 11.7 Å². The van der Waals surface area contributed by atoms with Gasteiger partial charge in [-0.25, -0.2) is 0 Å². The van der Waals surface area contributed by atoms with E-state index >= 15 is 0 Å². The maximum Gasteiger partial charge on any atom is 0.390 e. The Kier molecular flexibility index (Phi) is 4.59. The van der Waals surface area contributed by atoms with Crippen LogP contribution in [0.4, 0.5) is 13.2 Å². The molecule has 0 amide bonds. The molecule has 0 spiro atoms. The van der Waals surface area contributed by atoms with Crippen molar-refractivity contribution in [1.82, 2.24) is 4.90 Å². The maximum atomic E-state index is 12.2. The quantitative estimate of drug-likeness (QED) is 0.860. The summed E-state index contributed by atoms with van der Waals surface area (Å²) in [5.74, 6) is 0.0146. The molecular formula is C13H25F3N2O. The van der Waals surface area contributed by atoms with Crippen LogP contribution < -0.4 is 5.73 Å². The zero-order chi connectivity index (χ0) is 15.1. The minimum absolute atomic E-state index is 0.0107. The monoisotopic (exact) mass is 282 g/mol. The third kappa shape index (κ3) is 4.33. The Hall–Kier alpha value is -0.330. The second-order valence-corrected chi connectivity index (χ2v) is 6.57. The van der Waals surface area contributed by atoms with Gasteiger partial charge in [0.1, 0.15) is 0 Å². The van der Waals surface area contributed by atoms with Crippen molar-refractivity contribution in [3.8, 4) is 0 Å². The average molecular weight is 282 g/mol. The van der Waals surface area contributed by atoms with Crippen LogP contribution in [0.5, 0.6) is 0 Å². The first-order valence-electron chi connectivity index (χ1n) is 6.56. The molecule has 1 fully saturated rings. The molecule has 19 heavy (non-hydrogen) atoms. The Balaban J connectivity index is 2.61. The van der Waals surface area contributed by atoms with E-state index in [1.807, 2.05) is 27.7 Å². The molecule has 0 bridgehead atoms. The van der Waals surface area contributed by atoms with Crippen molar-refractivity contribution in [2.45, 2.75) is 57.5 Å². The summed E-state index contributed by atoms with van der Waals surface area (Å²) < 4.78 is 42.5. The number of hydrogen-bond acceptors (Lipinski definition) is 3. The van der Waals surface area contributed by atoms with Crippen LogP contribution in [-0.4, -0.2) is 48.5 Å². The Bertz CT molecular complexity index is 316. The minimum Gasteiger partial charge on any atom is -0.368 e. The Morgan fingerprint density at radius 1 is 1.16 bits per heavy atom. The van der Waals surface area contributed by atoms with E-state index in [4.69, 9.17) is 10.5 Å². The first kappa shape index (κ1) is 16.7. The number of alkyl halides is 3. The molecule has 2 atom stereocenters. The highest BCUT2D eigenvalue weighted by molar-refractivity contribution is 5.04. The molecular weight excluding hydrogens is 257 g/mol. The van der Waals surface area contributed by atoms with Gasteiger partial charge in [0.05, 0.1) is 17.6 Å². The molecule has 1 saturated heterocycles. The minimum atomic E-state index is -4.11. The molecule has 2 N–H and O–H groups in total. The van der Waals surface area contributed by atoms with E-state index in [2.05, 4.69) is 0 Å². The predicted octanol–water partition coefficient (Wildman–Crippen LogP) is 2.40. The molecule has 6 heteroatoms. The van der Waals surface area contributed by atoms with Gasteiger partial charge in [0.2, 0.25) is 0 Å². The van der Waals surface area contributed by atoms with Crippen LogP contribution in [0.25, 0.3) is 0 Å². The molecule has 0 saturated carbocycles. The first-order chi connectivity index (χ1) is 8.35. The molecule has 1 heterocycles. The van der Waals surface area contributed by atoms with Gasteiger partial charge in [0.25, 0.3) is 0 Å². The number of halogens is 3. The third-order valence-corrected chi connectivity index (χ3v) is 3.94. The average Bonchev–Trinajstić information content (AvgIpc) is 2.33. The molecule has 0 aromatic heterocycles. The van der Waals surface area contributed by atoms with Crippen LogP contribution in [0.3, 0.4) is 0 Å². The molecule has 3 nitrogen and oxygen atoms in total. The lowest BCUT2D eigenvalue weighted by atomic mass is 9.83. The van der Waals surface area contributed by atoms with Gasteiger partial charge in [-0.1, -0.05) is 0 Å². The summed E-state index contributed by atoms with van der Waals surface area (Å²) in [5, 5.41) is 0. The fraction of sp³-hybridized carbons (Fsp3) is 1.00. The number of rotatable bonds is 4. The van der Waals surface area contributed by atoms with Crippen LogP contribution in [0, 0.1) is 5.92 Å². The van der Waals surface area contributed by atoms with Crippen LogP contribution in [-0.2, 0) is 4.74 Å². The highest BCUT2D eigenvalue weighted by Crippen LogP contribution is 2.41. The summed E-state index contributed by atoms with van der Waals surface area (Å²) in [6.07, 6.45) is -4.91. The van der Waals surface area contributed by atoms with Gasteiger partial charge in [-0.2, -0.15) is 13.2 Å². The normalized spacial score (nSPS) is 30.0. The molecule has 0 aliphatic carbocycles. The zero-order valence-electron chi connectivity index (χ0n) is 12.3. The van der Waals surface area contributed by atoms with Gasteiger partial charge in [0.15, 0.2) is 0 Å². The van der Waals surface area contributed by atoms with Crippen molar-refractivity contribution < 1.29 is 17.9 Å². The van der Waals surface area contributed by atoms with Crippen LogP contribution >= 0.6 is 0 Å². The summed E-state index contributed by atoms with van der Waals surface area (Å²) >= 11 is 0. The third-order valence-electron chi connectivity index (χ3n) is 3.94. The molecule has 1 aliphatic heterocycles. The van der Waals surface area contributed by atoms with Gasteiger partial charge >= 0.3 is 6.18 Å². The number of nitrogens with zero attached hydrogens (tertiary/aromatic N) is 1. The van der Waals surface area contributed by atoms with Crippen molar-refractivity contribution >= 4 is 0 Å². The smallest absolute Gasteiger partial charge is 0.368 e. The maximum absolute atomic E-state index is 12.2. The lowest BCUT2D eigenvalue weighted by Crippen LogP contribution is -2.47. The second-order valence-electron chi connectivity index (χ2n) is 6.57. The van der Waals surface area contributed by atoms with Crippen molar-refractivity contribution in [2.75, 3.05) is 20.1 Å². The second kappa shape index (κ2) is 5.22. The van der Waals surface area contributed by atoms with Gasteiger partial charge in [-0.05, 0) is 34.7 Å². The summed E-state index contributed by atoms with van der Waals surface area (Å²) in [4.78, 5) is 1.69. The number of ether oxygens (including phenoxy) is 1. The topological polar surface area (TPSA) is 38.5 Å². The molecule has 1 rings (SSSR count). The van der Waals surface area contributed by atoms with Crippen molar-refractivity contribution in [1.29, 1.82) is 0 Å². The van der Waals surface area contributed by atoms with Gasteiger partial charge < -0.3 is 15.4 Å². The van der Waals surface area contributed by atoms with E-state index in [9.17, 15) is 13.2 Å². The highest BCUT2D eigenvalue weighted by atomic mass is 19.4. The highest BCUT2D eigenvalue weighted by Gasteiger charge is 2.52. The molecule has 0 aromatic rings. The van der Waals surface area contributed by atoms with E-state index in [0.29, 0.717) is 6.54 Å². The molecule has 2 unspecified atom stereocenters. The van der Waals surface area contributed by atoms with Gasteiger partial charge in [-0.3, -0.25) is 0 Å². The van der Waals surface area contributed by atoms with E-state index in [0.717, 1.165) is 0 Å². The molecule has 114 valence electrons. The van der Waals surface area contributed by atoms with Crippen LogP contribution in [0.2, 0.25) is 0 Å². The Morgan fingerprint density at radius 2 is 1.68 bits per heavy atom. The fourth-order valence-corrected chi connectivity index (χ4v) is 2.82. The van der Waals surface area contributed by atoms with Gasteiger partial charge in [-0.15, -0.1) is 0 Å². The first-order valence-corrected chi connectivity index (χ1v) is 6.56. The SMILES string of the molecule is CN(CCC(F)(F)F)CC1C(N)C(C)(C)OC1(C)C. The largest absolute Gasteiger partial charge is 0.390 e. The molecule has 0 radical (unpaired) electrons. The van der Waals surface area contributed by atoms with E-state index in [-0.39, 0.29) is 18.5 Å². The molecule has 0 aromatic carbocycles. The number of hydrogen-bond donors (Lipinski definition) is 1. The van der Waals surface area contributed by atoms with Gasteiger partial charge in [0, 0.05) is 25.0 Å². The lowest BCUT2D eigenvalue weighted by molar-refractivity contribution is -0.137. The standard InChI is InChI=1S/C13H25F3N2O/c1-11(2)9(10(17)12(3,4)19-11)8-18(5)7-6-13(14,15)16/h9-10H,6-8,17H2,1-5H3. The summed E-state index contributed by atoms with van der Waals surface area (Å²) in [6.45, 7) is 8.24. The van der Waals surface area contributed by atoms with E-state index < -0.39 is 23.8 Å².